The molecule has 0 spiro atoms. The zero-order valence-corrected chi connectivity index (χ0v) is 21.9. The molecular formula is C27H21Cl3F2N2O3. The molecule has 1 saturated carbocycles. The summed E-state index contributed by atoms with van der Waals surface area (Å²) >= 11 is 18.6. The van der Waals surface area contributed by atoms with E-state index in [1.54, 1.807) is 24.3 Å². The Balaban J connectivity index is 1.50. The largest absolute Gasteiger partial charge is 0.326 e. The Kier molecular flexibility index (Phi) is 7.60. The van der Waals surface area contributed by atoms with Crippen molar-refractivity contribution >= 4 is 63.8 Å². The number of carbonyl (C=O) groups excluding carboxylic acids is 3. The molecule has 4 rings (SSSR count). The van der Waals surface area contributed by atoms with Crippen molar-refractivity contribution in [2.75, 3.05) is 10.6 Å². The van der Waals surface area contributed by atoms with Crippen molar-refractivity contribution in [1.29, 1.82) is 0 Å². The number of benzene rings is 3. The van der Waals surface area contributed by atoms with Crippen LogP contribution in [0.4, 0.5) is 20.2 Å². The fraction of sp³-hybridized carbons (Fsp3) is 0.222. The third kappa shape index (κ3) is 5.79. The SMILES string of the molecule is CC(=O)Nc1ccc(CC(=O)c2cc(NC(=O)C3C(c4ccc(F)c(Cl)c4)C3(Cl)Cl)cc(C)c2F)cc1. The molecule has 5 nitrogen and oxygen atoms in total. The Hall–Kier alpha value is -3.00. The average molecular weight is 566 g/mol. The second kappa shape index (κ2) is 10.4. The minimum atomic E-state index is -1.44. The molecular weight excluding hydrogens is 545 g/mol. The average Bonchev–Trinajstić information content (AvgIpc) is 3.40. The highest BCUT2D eigenvalue weighted by atomic mass is 35.5. The summed E-state index contributed by atoms with van der Waals surface area (Å²) in [6.45, 7) is 2.87. The molecule has 1 aliphatic rings. The van der Waals surface area contributed by atoms with E-state index >= 15 is 0 Å². The van der Waals surface area contributed by atoms with E-state index in [9.17, 15) is 23.2 Å². The van der Waals surface area contributed by atoms with Gasteiger partial charge in [0.15, 0.2) is 5.78 Å². The Labute approximate surface area is 227 Å². The number of aryl methyl sites for hydroxylation is 1. The molecule has 0 aromatic heterocycles. The lowest BCUT2D eigenvalue weighted by Gasteiger charge is -2.11. The van der Waals surface area contributed by atoms with E-state index < -0.39 is 39.5 Å². The summed E-state index contributed by atoms with van der Waals surface area (Å²) in [4.78, 5) is 37.1. The Morgan fingerprint density at radius 2 is 1.62 bits per heavy atom. The molecule has 10 heteroatoms. The van der Waals surface area contributed by atoms with Gasteiger partial charge < -0.3 is 10.6 Å². The smallest absolute Gasteiger partial charge is 0.231 e. The van der Waals surface area contributed by atoms with Gasteiger partial charge in [0.1, 0.15) is 16.0 Å². The highest BCUT2D eigenvalue weighted by molar-refractivity contribution is 6.53. The molecule has 1 fully saturated rings. The van der Waals surface area contributed by atoms with Gasteiger partial charge in [-0.3, -0.25) is 14.4 Å². The quantitative estimate of drug-likeness (QED) is 0.243. The summed E-state index contributed by atoms with van der Waals surface area (Å²) in [7, 11) is 0. The molecule has 0 aliphatic heterocycles. The van der Waals surface area contributed by atoms with E-state index in [1.165, 1.54) is 44.2 Å². The standard InChI is InChI=1S/C27H21Cl3F2N2O3/c1-13-9-18(34-26(37)24-23(27(24,29)30)16-5-8-21(31)20(28)11-16)12-19(25(13)32)22(36)10-15-3-6-17(7-4-15)33-14(2)35/h3-9,11-12,23-24H,10H2,1-2H3,(H,33,35)(H,34,37). The first-order valence-corrected chi connectivity index (χ1v) is 12.4. The number of halogens is 5. The molecule has 0 radical (unpaired) electrons. The van der Waals surface area contributed by atoms with E-state index in [2.05, 4.69) is 10.6 Å². The molecule has 192 valence electrons. The van der Waals surface area contributed by atoms with E-state index in [1.807, 2.05) is 0 Å². The third-order valence-electron chi connectivity index (χ3n) is 6.10. The molecule has 0 heterocycles. The topological polar surface area (TPSA) is 75.3 Å². The van der Waals surface area contributed by atoms with Crippen molar-refractivity contribution in [3.05, 3.63) is 93.5 Å². The molecule has 0 saturated heterocycles. The number of hydrogen-bond acceptors (Lipinski definition) is 3. The number of nitrogens with one attached hydrogen (secondary N) is 2. The summed E-state index contributed by atoms with van der Waals surface area (Å²) in [5.74, 6) is -4.04. The lowest BCUT2D eigenvalue weighted by atomic mass is 9.99. The number of ketones is 1. The first-order valence-electron chi connectivity index (χ1n) is 11.2. The van der Waals surface area contributed by atoms with Gasteiger partial charge >= 0.3 is 0 Å². The molecule has 2 amide bonds. The van der Waals surface area contributed by atoms with Crippen molar-refractivity contribution < 1.29 is 23.2 Å². The number of amides is 2. The van der Waals surface area contributed by atoms with Gasteiger partial charge in [0.05, 0.1) is 16.5 Å². The maximum Gasteiger partial charge on any atom is 0.231 e. The maximum atomic E-state index is 14.9. The summed E-state index contributed by atoms with van der Waals surface area (Å²) in [5, 5.41) is 5.18. The van der Waals surface area contributed by atoms with Crippen LogP contribution in [0.1, 0.15) is 39.9 Å². The summed E-state index contributed by atoms with van der Waals surface area (Å²) < 4.78 is 27.0. The molecule has 3 aromatic rings. The first kappa shape index (κ1) is 27.0. The van der Waals surface area contributed by atoms with E-state index in [4.69, 9.17) is 34.8 Å². The van der Waals surface area contributed by atoms with Crippen LogP contribution in [0.2, 0.25) is 5.02 Å². The molecule has 3 aromatic carbocycles. The highest BCUT2D eigenvalue weighted by Crippen LogP contribution is 2.65. The molecule has 2 unspecified atom stereocenters. The normalized spacial score (nSPS) is 17.7. The highest BCUT2D eigenvalue weighted by Gasteiger charge is 2.67. The van der Waals surface area contributed by atoms with Gasteiger partial charge in [0.2, 0.25) is 11.8 Å². The third-order valence-corrected chi connectivity index (χ3v) is 7.33. The fourth-order valence-electron chi connectivity index (χ4n) is 4.23. The van der Waals surface area contributed by atoms with Crippen molar-refractivity contribution in [2.24, 2.45) is 5.92 Å². The van der Waals surface area contributed by atoms with Crippen LogP contribution in [0, 0.1) is 24.5 Å². The van der Waals surface area contributed by atoms with E-state index in [0.717, 1.165) is 0 Å². The number of alkyl halides is 2. The van der Waals surface area contributed by atoms with E-state index in [-0.39, 0.29) is 34.2 Å². The maximum absolute atomic E-state index is 14.9. The van der Waals surface area contributed by atoms with Crippen LogP contribution >= 0.6 is 34.8 Å². The lowest BCUT2D eigenvalue weighted by Crippen LogP contribution is -2.18. The predicted octanol–water partition coefficient (Wildman–Crippen LogP) is 6.84. The van der Waals surface area contributed by atoms with Crippen LogP contribution in [-0.2, 0) is 16.0 Å². The van der Waals surface area contributed by atoms with Crippen molar-refractivity contribution in [1.82, 2.24) is 0 Å². The van der Waals surface area contributed by atoms with Crippen LogP contribution in [-0.4, -0.2) is 21.9 Å². The predicted molar refractivity (Wildman–Crippen MR) is 141 cm³/mol. The van der Waals surface area contributed by atoms with Crippen LogP contribution in [0.25, 0.3) is 0 Å². The number of Topliss-reactive ketones (excluding diaryl/α,β-unsaturated/α-hetero) is 1. The number of rotatable bonds is 7. The van der Waals surface area contributed by atoms with Gasteiger partial charge in [-0.05, 0) is 60.0 Å². The summed E-state index contributed by atoms with van der Waals surface area (Å²) in [6, 6.07) is 13.3. The number of hydrogen-bond donors (Lipinski definition) is 2. The molecule has 2 atom stereocenters. The van der Waals surface area contributed by atoms with Crippen LogP contribution in [0.3, 0.4) is 0 Å². The zero-order valence-electron chi connectivity index (χ0n) is 19.7. The van der Waals surface area contributed by atoms with Crippen molar-refractivity contribution in [2.45, 2.75) is 30.5 Å². The Bertz CT molecular complexity index is 1410. The number of carbonyl (C=O) groups is 3. The molecule has 37 heavy (non-hydrogen) atoms. The van der Waals surface area contributed by atoms with Gasteiger partial charge in [-0.1, -0.05) is 29.8 Å². The lowest BCUT2D eigenvalue weighted by molar-refractivity contribution is -0.117. The van der Waals surface area contributed by atoms with Crippen molar-refractivity contribution in [3.63, 3.8) is 0 Å². The zero-order chi connectivity index (χ0) is 27.1. The van der Waals surface area contributed by atoms with Crippen LogP contribution in [0.15, 0.2) is 54.6 Å². The van der Waals surface area contributed by atoms with Gasteiger partial charge in [0, 0.05) is 30.6 Å². The van der Waals surface area contributed by atoms with E-state index in [0.29, 0.717) is 16.8 Å². The summed E-state index contributed by atoms with van der Waals surface area (Å²) in [5.41, 5.74) is 1.90. The second-order valence-electron chi connectivity index (χ2n) is 8.93. The first-order chi connectivity index (χ1) is 17.4. The van der Waals surface area contributed by atoms with Crippen molar-refractivity contribution in [3.8, 4) is 0 Å². The van der Waals surface area contributed by atoms with Gasteiger partial charge in [0.25, 0.3) is 0 Å². The minimum Gasteiger partial charge on any atom is -0.326 e. The Morgan fingerprint density at radius 1 is 0.946 bits per heavy atom. The molecule has 2 N–H and O–H groups in total. The van der Waals surface area contributed by atoms with Gasteiger partial charge in [-0.2, -0.15) is 0 Å². The molecule has 0 bridgehead atoms. The second-order valence-corrected chi connectivity index (χ2v) is 10.8. The monoisotopic (exact) mass is 564 g/mol. The summed E-state index contributed by atoms with van der Waals surface area (Å²) in [6.07, 6.45) is -0.0867. The van der Waals surface area contributed by atoms with Crippen LogP contribution < -0.4 is 10.6 Å². The van der Waals surface area contributed by atoms with Crippen LogP contribution in [0.5, 0.6) is 0 Å². The van der Waals surface area contributed by atoms with Gasteiger partial charge in [-0.25, -0.2) is 8.78 Å². The fourth-order valence-corrected chi connectivity index (χ4v) is 5.25. The Morgan fingerprint density at radius 3 is 2.24 bits per heavy atom. The minimum absolute atomic E-state index is 0.0867. The van der Waals surface area contributed by atoms with Gasteiger partial charge in [-0.15, -0.1) is 23.2 Å². The number of anilines is 2. The molecule has 1 aliphatic carbocycles.